The minimum atomic E-state index is -0.898. The summed E-state index contributed by atoms with van der Waals surface area (Å²) in [5, 5.41) is 14.6. The maximum absolute atomic E-state index is 13.8. The normalized spacial score (nSPS) is 12.5. The predicted molar refractivity (Wildman–Crippen MR) is 114 cm³/mol. The van der Waals surface area contributed by atoms with Crippen molar-refractivity contribution in [1.82, 2.24) is 24.1 Å². The molecular formula is C23H19F2N5O2. The van der Waals surface area contributed by atoms with Crippen LogP contribution in [-0.4, -0.2) is 36.4 Å². The van der Waals surface area contributed by atoms with E-state index >= 15 is 0 Å². The summed E-state index contributed by atoms with van der Waals surface area (Å²) in [4.78, 5) is 8.92. The molecule has 0 bridgehead atoms. The van der Waals surface area contributed by atoms with Gasteiger partial charge in [0.05, 0.1) is 18.8 Å². The summed E-state index contributed by atoms with van der Waals surface area (Å²) >= 11 is 0. The Kier molecular flexibility index (Phi) is 4.82. The minimum Gasteiger partial charge on any atom is -0.494 e. The van der Waals surface area contributed by atoms with Gasteiger partial charge in [-0.3, -0.25) is 0 Å². The number of ether oxygens (including phenoxy) is 1. The van der Waals surface area contributed by atoms with Gasteiger partial charge < -0.3 is 14.4 Å². The highest BCUT2D eigenvalue weighted by atomic mass is 19.1. The first-order valence-corrected chi connectivity index (χ1v) is 9.94. The van der Waals surface area contributed by atoms with Crippen molar-refractivity contribution in [1.29, 1.82) is 0 Å². The number of pyridine rings is 1. The molecule has 0 aliphatic rings. The van der Waals surface area contributed by atoms with Crippen molar-refractivity contribution in [3.8, 4) is 16.9 Å². The highest BCUT2D eigenvalue weighted by molar-refractivity contribution is 5.88. The molecule has 0 fully saturated rings. The van der Waals surface area contributed by atoms with Gasteiger partial charge in [0.2, 0.25) is 0 Å². The fraction of sp³-hybridized carbons (Fsp3) is 0.174. The predicted octanol–water partition coefficient (Wildman–Crippen LogP) is 4.13. The number of rotatable bonds is 5. The second-order valence-electron chi connectivity index (χ2n) is 7.50. The summed E-state index contributed by atoms with van der Waals surface area (Å²) in [6.07, 6.45) is 4.27. The molecule has 0 radical (unpaired) electrons. The molecule has 5 rings (SSSR count). The molecule has 162 valence electrons. The third-order valence-electron chi connectivity index (χ3n) is 5.32. The van der Waals surface area contributed by atoms with Gasteiger partial charge in [-0.15, -0.1) is 0 Å². The Balaban J connectivity index is 1.69. The third kappa shape index (κ3) is 3.36. The van der Waals surface area contributed by atoms with Gasteiger partial charge in [0.1, 0.15) is 34.8 Å². The maximum atomic E-state index is 13.8. The Morgan fingerprint density at radius 2 is 1.91 bits per heavy atom. The number of aliphatic hydroxyl groups is 1. The number of imidazole rings is 1. The number of hydrogen-bond acceptors (Lipinski definition) is 5. The van der Waals surface area contributed by atoms with Gasteiger partial charge in [0.15, 0.2) is 5.65 Å². The van der Waals surface area contributed by atoms with Gasteiger partial charge in [-0.25, -0.2) is 23.3 Å². The van der Waals surface area contributed by atoms with Gasteiger partial charge in [-0.1, -0.05) is 0 Å². The van der Waals surface area contributed by atoms with Crippen LogP contribution in [0.2, 0.25) is 0 Å². The molecule has 0 spiro atoms. The largest absolute Gasteiger partial charge is 0.494 e. The summed E-state index contributed by atoms with van der Waals surface area (Å²) in [5.41, 5.74) is 3.89. The zero-order chi connectivity index (χ0) is 22.4. The second kappa shape index (κ2) is 7.69. The summed E-state index contributed by atoms with van der Waals surface area (Å²) in [5.74, 6) is -0.313. The highest BCUT2D eigenvalue weighted by Crippen LogP contribution is 2.33. The number of methoxy groups -OCH3 is 1. The van der Waals surface area contributed by atoms with Crippen LogP contribution in [0.15, 0.2) is 55.0 Å². The van der Waals surface area contributed by atoms with Crippen LogP contribution in [0.5, 0.6) is 5.75 Å². The van der Waals surface area contributed by atoms with Gasteiger partial charge in [0.25, 0.3) is 0 Å². The lowest BCUT2D eigenvalue weighted by Crippen LogP contribution is -2.08. The topological polar surface area (TPSA) is 77.5 Å². The quantitative estimate of drug-likeness (QED) is 0.449. The third-order valence-corrected chi connectivity index (χ3v) is 5.32. The van der Waals surface area contributed by atoms with E-state index in [-0.39, 0.29) is 6.54 Å². The Morgan fingerprint density at radius 1 is 1.12 bits per heavy atom. The fourth-order valence-corrected chi connectivity index (χ4v) is 3.95. The number of halogens is 2. The Hall–Kier alpha value is -3.85. The first kappa shape index (κ1) is 20.1. The van der Waals surface area contributed by atoms with E-state index in [1.165, 1.54) is 12.1 Å². The van der Waals surface area contributed by atoms with Crippen molar-refractivity contribution in [3.63, 3.8) is 0 Å². The van der Waals surface area contributed by atoms with Crippen LogP contribution in [0.4, 0.5) is 8.78 Å². The van der Waals surface area contributed by atoms with Crippen molar-refractivity contribution < 1.29 is 18.6 Å². The summed E-state index contributed by atoms with van der Waals surface area (Å²) < 4.78 is 36.4. The molecule has 0 unspecified atom stereocenters. The summed E-state index contributed by atoms with van der Waals surface area (Å²) in [6.45, 7) is 1.71. The van der Waals surface area contributed by atoms with Gasteiger partial charge in [0, 0.05) is 42.2 Å². The van der Waals surface area contributed by atoms with E-state index in [0.717, 1.165) is 22.7 Å². The molecule has 1 atom stereocenters. The average molecular weight is 435 g/mol. The smallest absolute Gasteiger partial charge is 0.178 e. The van der Waals surface area contributed by atoms with Crippen molar-refractivity contribution in [2.24, 2.45) is 0 Å². The molecular weight excluding hydrogens is 416 g/mol. The molecule has 0 aliphatic heterocycles. The maximum Gasteiger partial charge on any atom is 0.178 e. The SMILES string of the molecule is COc1ccnn2ccc(-c3cnc4nc([C@@H](C)O)n(Cc5cc(F)cc(F)c5)c4c3)c12. The van der Waals surface area contributed by atoms with E-state index in [9.17, 15) is 13.9 Å². The molecule has 0 amide bonds. The standard InChI is InChI=1S/C23H19F2N5O2/c1-13(31)23-28-22-19(29(23)12-14-7-16(24)10-17(25)8-14)9-15(11-26-22)18-4-6-30-21(18)20(32-2)3-5-27-30/h3-11,13,31H,12H2,1-2H3/t13-/m1/s1. The Bertz CT molecular complexity index is 1440. The van der Waals surface area contributed by atoms with Crippen LogP contribution < -0.4 is 4.74 Å². The van der Waals surface area contributed by atoms with Gasteiger partial charge in [-0.05, 0) is 36.8 Å². The van der Waals surface area contributed by atoms with E-state index in [4.69, 9.17) is 4.74 Å². The van der Waals surface area contributed by atoms with Crippen molar-refractivity contribution in [3.05, 3.63) is 78.0 Å². The Morgan fingerprint density at radius 3 is 2.62 bits per heavy atom. The molecule has 0 saturated heterocycles. The molecule has 32 heavy (non-hydrogen) atoms. The lowest BCUT2D eigenvalue weighted by Gasteiger charge is -2.12. The average Bonchev–Trinajstić information content (AvgIpc) is 3.34. The Labute approximate surface area is 181 Å². The zero-order valence-corrected chi connectivity index (χ0v) is 17.3. The molecule has 7 nitrogen and oxygen atoms in total. The number of nitrogens with zero attached hydrogens (tertiary/aromatic N) is 5. The van der Waals surface area contributed by atoms with E-state index < -0.39 is 17.7 Å². The van der Waals surface area contributed by atoms with Crippen LogP contribution in [0.3, 0.4) is 0 Å². The van der Waals surface area contributed by atoms with Gasteiger partial charge in [-0.2, -0.15) is 5.10 Å². The van der Waals surface area contributed by atoms with Crippen LogP contribution in [0, 0.1) is 11.6 Å². The molecule has 1 aromatic carbocycles. The first-order chi connectivity index (χ1) is 15.4. The lowest BCUT2D eigenvalue weighted by molar-refractivity contribution is 0.185. The summed E-state index contributed by atoms with van der Waals surface area (Å²) in [7, 11) is 1.59. The molecule has 0 saturated carbocycles. The number of hydrogen-bond donors (Lipinski definition) is 1. The summed E-state index contributed by atoms with van der Waals surface area (Å²) in [6, 6.07) is 8.92. The number of aliphatic hydroxyl groups excluding tert-OH is 1. The molecule has 1 N–H and O–H groups in total. The second-order valence-corrected chi connectivity index (χ2v) is 7.50. The van der Waals surface area contributed by atoms with Crippen LogP contribution in [0.1, 0.15) is 24.4 Å². The fourth-order valence-electron chi connectivity index (χ4n) is 3.95. The van der Waals surface area contributed by atoms with Crippen LogP contribution in [0.25, 0.3) is 27.8 Å². The number of aromatic nitrogens is 5. The number of fused-ring (bicyclic) bond motifs is 2. The van der Waals surface area contributed by atoms with Crippen molar-refractivity contribution >= 4 is 16.7 Å². The van der Waals surface area contributed by atoms with E-state index in [0.29, 0.717) is 28.3 Å². The molecule has 4 heterocycles. The van der Waals surface area contributed by atoms with Gasteiger partial charge >= 0.3 is 0 Å². The minimum absolute atomic E-state index is 0.123. The van der Waals surface area contributed by atoms with E-state index in [1.807, 2.05) is 18.3 Å². The van der Waals surface area contributed by atoms with Crippen LogP contribution >= 0.6 is 0 Å². The first-order valence-electron chi connectivity index (χ1n) is 9.94. The van der Waals surface area contributed by atoms with E-state index in [1.54, 1.807) is 41.6 Å². The number of benzene rings is 1. The van der Waals surface area contributed by atoms with Crippen molar-refractivity contribution in [2.45, 2.75) is 19.6 Å². The van der Waals surface area contributed by atoms with E-state index in [2.05, 4.69) is 15.1 Å². The monoisotopic (exact) mass is 435 g/mol. The van der Waals surface area contributed by atoms with Crippen molar-refractivity contribution in [2.75, 3.05) is 7.11 Å². The highest BCUT2D eigenvalue weighted by Gasteiger charge is 2.19. The molecule has 0 aliphatic carbocycles. The molecule has 5 aromatic rings. The van der Waals surface area contributed by atoms with Crippen LogP contribution in [-0.2, 0) is 6.54 Å². The zero-order valence-electron chi connectivity index (χ0n) is 17.3. The molecule has 9 heteroatoms. The molecule has 4 aromatic heterocycles. The lowest BCUT2D eigenvalue weighted by atomic mass is 10.1.